The van der Waals surface area contributed by atoms with Gasteiger partial charge in [-0.3, -0.25) is 23.5 Å². The van der Waals surface area contributed by atoms with Gasteiger partial charge < -0.3 is 39.0 Å². The Morgan fingerprint density at radius 2 is 1.21 bits per heavy atom. The predicted molar refractivity (Wildman–Crippen MR) is 166 cm³/mol. The van der Waals surface area contributed by atoms with E-state index in [1.54, 1.807) is 41.5 Å². The van der Waals surface area contributed by atoms with Crippen LogP contribution in [0.3, 0.4) is 0 Å². The van der Waals surface area contributed by atoms with E-state index in [2.05, 4.69) is 9.97 Å². The molecule has 2 aliphatic heterocycles. The number of rotatable bonds is 10. The second-order valence-corrected chi connectivity index (χ2v) is 11.8. The molecule has 2 fully saturated rings. The molecule has 268 valence electrons. The van der Waals surface area contributed by atoms with Crippen LogP contribution in [0.15, 0.2) is 46.5 Å². The van der Waals surface area contributed by atoms with Crippen LogP contribution in [0.4, 0.5) is 0 Å². The average molecular weight is 683 g/mol. The third kappa shape index (κ3) is 9.76. The Morgan fingerprint density at radius 3 is 1.65 bits per heavy atom. The Hall–Kier alpha value is -4.03. The molecule has 17 heteroatoms. The molecular weight excluding hydrogens is 636 g/mol. The van der Waals surface area contributed by atoms with Gasteiger partial charge in [0, 0.05) is 24.8 Å². The van der Waals surface area contributed by atoms with Crippen LogP contribution in [-0.2, 0) is 38.1 Å². The molecule has 2 saturated heterocycles. The van der Waals surface area contributed by atoms with Gasteiger partial charge >= 0.3 is 29.3 Å². The molecule has 0 bridgehead atoms. The summed E-state index contributed by atoms with van der Waals surface area (Å²) in [6, 6.07) is 3.03. The van der Waals surface area contributed by atoms with Crippen molar-refractivity contribution in [3.8, 4) is 0 Å². The molecule has 0 radical (unpaired) electrons. The van der Waals surface area contributed by atoms with Gasteiger partial charge in [0.2, 0.25) is 0 Å². The fourth-order valence-electron chi connectivity index (χ4n) is 4.44. The van der Waals surface area contributed by atoms with E-state index in [0.29, 0.717) is 0 Å². The topological polar surface area (TPSA) is 228 Å². The number of ether oxygens (including phenoxy) is 5. The molecule has 0 amide bonds. The zero-order chi connectivity index (χ0) is 35.0. The van der Waals surface area contributed by atoms with E-state index >= 15 is 0 Å². The monoisotopic (exact) mass is 682 g/mol. The highest BCUT2D eigenvalue weighted by Gasteiger charge is 2.52. The first-order valence-electron chi connectivity index (χ1n) is 15.1. The van der Waals surface area contributed by atoms with E-state index < -0.39 is 96.8 Å². The van der Waals surface area contributed by atoms with Gasteiger partial charge in [-0.2, -0.15) is 0 Å². The molecule has 3 N–H and O–H groups in total. The van der Waals surface area contributed by atoms with Crippen LogP contribution in [0.1, 0.15) is 61.4 Å². The van der Waals surface area contributed by atoms with Gasteiger partial charge in [-0.1, -0.05) is 49.0 Å². The maximum absolute atomic E-state index is 12.4. The molecule has 4 heterocycles. The van der Waals surface area contributed by atoms with Crippen LogP contribution < -0.4 is 11.4 Å². The summed E-state index contributed by atoms with van der Waals surface area (Å²) < 4.78 is 29.8. The number of esters is 3. The highest BCUT2D eigenvalue weighted by Crippen LogP contribution is 2.34. The summed E-state index contributed by atoms with van der Waals surface area (Å²) >= 11 is 0. The van der Waals surface area contributed by atoms with Gasteiger partial charge in [0.05, 0.1) is 24.4 Å². The third-order valence-electron chi connectivity index (χ3n) is 7.14. The van der Waals surface area contributed by atoms with E-state index in [1.807, 2.05) is 0 Å². The van der Waals surface area contributed by atoms with Gasteiger partial charge in [-0.25, -0.2) is 19.6 Å². The Kier molecular flexibility index (Phi) is 15.0. The quantitative estimate of drug-likeness (QED) is 0.221. The summed E-state index contributed by atoms with van der Waals surface area (Å²) in [7, 11) is 0. The SMILES string of the molecule is C.CC(C)C(=O)OC[C@H]1O[C@@H](n2cccnc2=O)C(OC(=O)C(C)C)[C@H]1OC(=O)C(C)C.O=c1ncccn1[C@@H]1O[C@H](CO)[C@H](O)C1O. The molecule has 0 saturated carbocycles. The van der Waals surface area contributed by atoms with Gasteiger partial charge in [-0.15, -0.1) is 0 Å². The lowest BCUT2D eigenvalue weighted by Gasteiger charge is -2.26. The molecule has 4 rings (SSSR count). The van der Waals surface area contributed by atoms with Crippen molar-refractivity contribution in [3.05, 3.63) is 57.9 Å². The minimum atomic E-state index is -1.26. The molecule has 2 aromatic rings. The van der Waals surface area contributed by atoms with Gasteiger partial charge in [0.25, 0.3) is 0 Å². The van der Waals surface area contributed by atoms with Crippen molar-refractivity contribution in [1.29, 1.82) is 0 Å². The third-order valence-corrected chi connectivity index (χ3v) is 7.14. The molecule has 0 aromatic carbocycles. The highest BCUT2D eigenvalue weighted by atomic mass is 16.7. The molecule has 2 aromatic heterocycles. The average Bonchev–Trinajstić information content (AvgIpc) is 3.51. The minimum absolute atomic E-state index is 0. The van der Waals surface area contributed by atoms with Crippen LogP contribution in [0.25, 0.3) is 0 Å². The second kappa shape index (κ2) is 17.9. The molecule has 2 aliphatic rings. The van der Waals surface area contributed by atoms with E-state index in [-0.39, 0.29) is 20.0 Å². The van der Waals surface area contributed by atoms with Crippen molar-refractivity contribution in [2.75, 3.05) is 13.2 Å². The zero-order valence-electron chi connectivity index (χ0n) is 26.9. The fraction of sp³-hybridized carbons (Fsp3) is 0.645. The number of carbonyl (C=O) groups excluding carboxylic acids is 3. The number of hydrogen-bond donors (Lipinski definition) is 3. The van der Waals surface area contributed by atoms with Crippen molar-refractivity contribution in [1.82, 2.24) is 19.1 Å². The molecule has 48 heavy (non-hydrogen) atoms. The summed E-state index contributed by atoms with van der Waals surface area (Å²) in [5, 5.41) is 28.1. The molecule has 17 nitrogen and oxygen atoms in total. The van der Waals surface area contributed by atoms with E-state index in [4.69, 9.17) is 28.8 Å². The van der Waals surface area contributed by atoms with E-state index in [9.17, 15) is 34.2 Å². The van der Waals surface area contributed by atoms with E-state index in [0.717, 1.165) is 9.13 Å². The van der Waals surface area contributed by atoms with Gasteiger partial charge in [0.1, 0.15) is 31.0 Å². The van der Waals surface area contributed by atoms with Crippen LogP contribution in [0, 0.1) is 17.8 Å². The highest BCUT2D eigenvalue weighted by molar-refractivity contribution is 5.73. The van der Waals surface area contributed by atoms with Crippen molar-refractivity contribution >= 4 is 17.9 Å². The predicted octanol–water partition coefficient (Wildman–Crippen LogP) is -0.0336. The molecular formula is C31H46N4O13. The van der Waals surface area contributed by atoms with Crippen LogP contribution >= 0.6 is 0 Å². The Balaban J connectivity index is 0.000000394. The first-order chi connectivity index (χ1) is 22.2. The number of aliphatic hydroxyl groups excluding tert-OH is 3. The van der Waals surface area contributed by atoms with Crippen molar-refractivity contribution in [3.63, 3.8) is 0 Å². The lowest BCUT2D eigenvalue weighted by atomic mass is 10.1. The summed E-state index contributed by atoms with van der Waals surface area (Å²) in [5.74, 6) is -2.86. The first-order valence-corrected chi connectivity index (χ1v) is 15.1. The van der Waals surface area contributed by atoms with Crippen LogP contribution in [0.2, 0.25) is 0 Å². The number of nitrogens with zero attached hydrogens (tertiary/aromatic N) is 4. The number of aliphatic hydroxyl groups is 3. The smallest absolute Gasteiger partial charge is 0.349 e. The zero-order valence-corrected chi connectivity index (χ0v) is 26.9. The van der Waals surface area contributed by atoms with Gasteiger partial charge in [-0.05, 0) is 12.1 Å². The van der Waals surface area contributed by atoms with E-state index in [1.165, 1.54) is 36.9 Å². The number of aromatic nitrogens is 4. The molecule has 0 spiro atoms. The Morgan fingerprint density at radius 1 is 0.750 bits per heavy atom. The maximum atomic E-state index is 12.4. The van der Waals surface area contributed by atoms with Crippen molar-refractivity contribution in [2.24, 2.45) is 17.8 Å². The summed E-state index contributed by atoms with van der Waals surface area (Å²) in [4.78, 5) is 67.6. The first kappa shape index (κ1) is 40.1. The fourth-order valence-corrected chi connectivity index (χ4v) is 4.44. The van der Waals surface area contributed by atoms with Crippen molar-refractivity contribution in [2.45, 2.75) is 98.0 Å². The van der Waals surface area contributed by atoms with Crippen LogP contribution in [0.5, 0.6) is 0 Å². The number of carbonyl (C=O) groups is 3. The molecule has 8 atom stereocenters. The lowest BCUT2D eigenvalue weighted by molar-refractivity contribution is -0.173. The van der Waals surface area contributed by atoms with Crippen LogP contribution in [-0.4, -0.2) is 102 Å². The Labute approximate surface area is 277 Å². The summed E-state index contributed by atoms with van der Waals surface area (Å²) in [5.41, 5.74) is -1.22. The standard InChI is InChI=1S/C21H30N2O8.C9H12N2O5.CH4/c1-11(2)18(24)28-10-14-15(30-19(25)12(3)4)16(31-20(26)13(5)6)17(29-14)23-9-7-8-22-21(23)27;12-4-5-6(13)7(14)8(16-5)11-3-1-2-10-9(11)15;/h7-9,11-17H,10H2,1-6H3;1-3,5-8,12-14H,4H2;1H4/t14-,15+,16?,17-;5-,6+,7?,8-;/m11./s1. The normalized spacial score (nSPS) is 26.4. The molecule has 2 unspecified atom stereocenters. The summed E-state index contributed by atoms with van der Waals surface area (Å²) in [6.45, 7) is 9.31. The van der Waals surface area contributed by atoms with Gasteiger partial charge in [0.15, 0.2) is 24.7 Å². The molecule has 0 aliphatic carbocycles. The van der Waals surface area contributed by atoms with Crippen molar-refractivity contribution < 1.29 is 53.4 Å². The Bertz CT molecular complexity index is 1480. The number of hydrogen-bond acceptors (Lipinski definition) is 15. The summed E-state index contributed by atoms with van der Waals surface area (Å²) in [6.07, 6.45) is -3.22. The maximum Gasteiger partial charge on any atom is 0.349 e. The second-order valence-electron chi connectivity index (χ2n) is 11.8. The lowest BCUT2D eigenvalue weighted by Crippen LogP contribution is -2.43. The minimum Gasteiger partial charge on any atom is -0.463 e. The largest absolute Gasteiger partial charge is 0.463 e.